The second kappa shape index (κ2) is 4.91. The average molecular weight is 239 g/mol. The third-order valence-corrected chi connectivity index (χ3v) is 3.46. The van der Waals surface area contributed by atoms with Crippen LogP contribution in [-0.4, -0.2) is 53.9 Å². The number of carbonyl (C=O) groups is 1. The monoisotopic (exact) mass is 239 g/mol. The summed E-state index contributed by atoms with van der Waals surface area (Å²) in [6.07, 6.45) is -0.432. The van der Waals surface area contributed by atoms with Crippen molar-refractivity contribution >= 4 is 16.0 Å². The quantitative estimate of drug-likeness (QED) is 0.651. The fourth-order valence-electron chi connectivity index (χ4n) is 1.02. The first-order chi connectivity index (χ1) is 6.54. The molecule has 0 unspecified atom stereocenters. The number of rotatable bonds is 6. The Morgan fingerprint density at radius 3 is 2.20 bits per heavy atom. The Morgan fingerprint density at radius 1 is 1.40 bits per heavy atom. The summed E-state index contributed by atoms with van der Waals surface area (Å²) in [5, 5.41) is 17.8. The number of aliphatic carboxylic acids is 1. The van der Waals surface area contributed by atoms with Gasteiger partial charge in [-0.1, -0.05) is 0 Å². The topological polar surface area (TPSA) is 94.9 Å². The van der Waals surface area contributed by atoms with Crippen molar-refractivity contribution in [1.82, 2.24) is 4.31 Å². The van der Waals surface area contributed by atoms with Crippen molar-refractivity contribution in [3.05, 3.63) is 0 Å². The van der Waals surface area contributed by atoms with Gasteiger partial charge >= 0.3 is 5.97 Å². The lowest BCUT2D eigenvalue weighted by Gasteiger charge is -2.24. The van der Waals surface area contributed by atoms with Crippen molar-refractivity contribution in [2.75, 3.05) is 19.3 Å². The predicted octanol–water partition coefficient (Wildman–Crippen LogP) is -0.506. The van der Waals surface area contributed by atoms with Crippen molar-refractivity contribution in [1.29, 1.82) is 0 Å². The molecule has 0 radical (unpaired) electrons. The van der Waals surface area contributed by atoms with Crippen LogP contribution in [0.5, 0.6) is 0 Å². The van der Waals surface area contributed by atoms with Crippen molar-refractivity contribution in [3.8, 4) is 0 Å². The van der Waals surface area contributed by atoms with E-state index in [0.717, 1.165) is 4.31 Å². The fraction of sp³-hybridized carbons (Fsp3) is 0.875. The molecule has 0 aromatic rings. The molecular formula is C8H17NO5S. The molecular weight excluding hydrogens is 222 g/mol. The first-order valence-corrected chi connectivity index (χ1v) is 6.04. The van der Waals surface area contributed by atoms with E-state index < -0.39 is 33.8 Å². The molecule has 0 bridgehead atoms. The predicted molar refractivity (Wildman–Crippen MR) is 55.0 cm³/mol. The second-order valence-corrected chi connectivity index (χ2v) is 6.22. The molecule has 0 saturated heterocycles. The SMILES string of the molecule is CN(CC(C)(C)O)S(=O)(=O)CCC(=O)O. The zero-order valence-corrected chi connectivity index (χ0v) is 9.91. The van der Waals surface area contributed by atoms with E-state index in [1.165, 1.54) is 20.9 Å². The number of carboxylic acid groups (broad SMARTS) is 1. The lowest BCUT2D eigenvalue weighted by Crippen LogP contribution is -2.40. The van der Waals surface area contributed by atoms with Gasteiger partial charge in [0.05, 0.1) is 17.8 Å². The summed E-state index contributed by atoms with van der Waals surface area (Å²) in [5.41, 5.74) is -1.13. The van der Waals surface area contributed by atoms with Crippen LogP contribution in [0, 0.1) is 0 Å². The minimum atomic E-state index is -3.60. The largest absolute Gasteiger partial charge is 0.481 e. The number of hydrogen-bond donors (Lipinski definition) is 2. The standard InChI is InChI=1S/C8H17NO5S/c1-8(2,12)6-9(3)15(13,14)5-4-7(10)11/h12H,4-6H2,1-3H3,(H,10,11). The fourth-order valence-corrected chi connectivity index (χ4v) is 2.27. The number of likely N-dealkylation sites (N-methyl/N-ethyl adjacent to an activating group) is 1. The highest BCUT2D eigenvalue weighted by molar-refractivity contribution is 7.89. The maximum atomic E-state index is 11.5. The molecule has 0 amide bonds. The van der Waals surface area contributed by atoms with E-state index in [1.807, 2.05) is 0 Å². The zero-order chi connectivity index (χ0) is 12.3. The van der Waals surface area contributed by atoms with Crippen LogP contribution in [-0.2, 0) is 14.8 Å². The number of sulfonamides is 1. The molecule has 0 aromatic heterocycles. The summed E-state index contributed by atoms with van der Waals surface area (Å²) in [6.45, 7) is 2.90. The summed E-state index contributed by atoms with van der Waals surface area (Å²) in [5.74, 6) is -1.61. The zero-order valence-electron chi connectivity index (χ0n) is 9.10. The van der Waals surface area contributed by atoms with Crippen molar-refractivity contribution in [3.63, 3.8) is 0 Å². The van der Waals surface area contributed by atoms with Gasteiger partial charge in [0.15, 0.2) is 0 Å². The Labute approximate surface area is 89.6 Å². The van der Waals surface area contributed by atoms with E-state index >= 15 is 0 Å². The van der Waals surface area contributed by atoms with Gasteiger partial charge in [-0.05, 0) is 13.8 Å². The highest BCUT2D eigenvalue weighted by atomic mass is 32.2. The molecule has 0 saturated carbocycles. The Kier molecular flexibility index (Phi) is 4.69. The number of aliphatic hydroxyl groups is 1. The molecule has 0 fully saturated rings. The van der Waals surface area contributed by atoms with E-state index in [2.05, 4.69) is 0 Å². The highest BCUT2D eigenvalue weighted by Crippen LogP contribution is 2.08. The highest BCUT2D eigenvalue weighted by Gasteiger charge is 2.24. The first kappa shape index (κ1) is 14.3. The number of hydrogen-bond acceptors (Lipinski definition) is 4. The minimum absolute atomic E-state index is 0.0606. The van der Waals surface area contributed by atoms with E-state index in [0.29, 0.717) is 0 Å². The molecule has 0 spiro atoms. The van der Waals surface area contributed by atoms with E-state index in [1.54, 1.807) is 0 Å². The van der Waals surface area contributed by atoms with Crippen LogP contribution in [0.15, 0.2) is 0 Å². The van der Waals surface area contributed by atoms with Gasteiger partial charge in [-0.2, -0.15) is 0 Å². The minimum Gasteiger partial charge on any atom is -0.481 e. The van der Waals surface area contributed by atoms with Gasteiger partial charge in [0.1, 0.15) is 0 Å². The van der Waals surface area contributed by atoms with Crippen LogP contribution in [0.3, 0.4) is 0 Å². The molecule has 15 heavy (non-hydrogen) atoms. The lowest BCUT2D eigenvalue weighted by molar-refractivity contribution is -0.136. The third-order valence-electron chi connectivity index (χ3n) is 1.66. The van der Waals surface area contributed by atoms with Gasteiger partial charge < -0.3 is 10.2 Å². The van der Waals surface area contributed by atoms with Gasteiger partial charge in [0.2, 0.25) is 10.0 Å². The molecule has 0 aliphatic heterocycles. The molecule has 0 aliphatic carbocycles. The summed E-state index contributed by atoms with van der Waals surface area (Å²) in [4.78, 5) is 10.2. The van der Waals surface area contributed by atoms with Gasteiger partial charge in [0, 0.05) is 13.6 Å². The molecule has 6 nitrogen and oxygen atoms in total. The number of nitrogens with zero attached hydrogens (tertiary/aromatic N) is 1. The van der Waals surface area contributed by atoms with Crippen molar-refractivity contribution in [2.45, 2.75) is 25.9 Å². The Balaban J connectivity index is 4.40. The van der Waals surface area contributed by atoms with Gasteiger partial charge in [-0.25, -0.2) is 12.7 Å². The Bertz CT molecular complexity index is 316. The molecule has 0 atom stereocenters. The molecule has 90 valence electrons. The van der Waals surface area contributed by atoms with Gasteiger partial charge in [-0.3, -0.25) is 4.79 Å². The van der Waals surface area contributed by atoms with Crippen molar-refractivity contribution < 1.29 is 23.4 Å². The number of carboxylic acids is 1. The summed E-state index contributed by atoms with van der Waals surface area (Å²) in [7, 11) is -2.28. The van der Waals surface area contributed by atoms with Crippen LogP contribution >= 0.6 is 0 Å². The Morgan fingerprint density at radius 2 is 1.87 bits per heavy atom. The summed E-state index contributed by atoms with van der Waals surface area (Å²) >= 11 is 0. The van der Waals surface area contributed by atoms with E-state index in [9.17, 15) is 18.3 Å². The van der Waals surface area contributed by atoms with Crippen molar-refractivity contribution in [2.24, 2.45) is 0 Å². The van der Waals surface area contributed by atoms with Crippen LogP contribution in [0.2, 0.25) is 0 Å². The lowest BCUT2D eigenvalue weighted by atomic mass is 10.1. The summed E-state index contributed by atoms with van der Waals surface area (Å²) < 4.78 is 23.9. The van der Waals surface area contributed by atoms with E-state index in [-0.39, 0.29) is 6.54 Å². The van der Waals surface area contributed by atoms with Crippen LogP contribution in [0.4, 0.5) is 0 Å². The molecule has 2 N–H and O–H groups in total. The first-order valence-electron chi connectivity index (χ1n) is 4.43. The maximum absolute atomic E-state index is 11.5. The maximum Gasteiger partial charge on any atom is 0.304 e. The second-order valence-electron chi connectivity index (χ2n) is 4.03. The van der Waals surface area contributed by atoms with Crippen LogP contribution in [0.25, 0.3) is 0 Å². The average Bonchev–Trinajstić information content (AvgIpc) is 1.97. The van der Waals surface area contributed by atoms with Gasteiger partial charge in [-0.15, -0.1) is 0 Å². The molecule has 0 rings (SSSR count). The third kappa shape index (κ3) is 6.43. The van der Waals surface area contributed by atoms with E-state index in [4.69, 9.17) is 5.11 Å². The van der Waals surface area contributed by atoms with Gasteiger partial charge in [0.25, 0.3) is 0 Å². The molecule has 0 aromatic carbocycles. The summed E-state index contributed by atoms with van der Waals surface area (Å²) in [6, 6.07) is 0. The molecule has 0 heterocycles. The molecule has 7 heteroatoms. The molecule has 0 aliphatic rings. The Hall–Kier alpha value is -0.660. The van der Waals surface area contributed by atoms with Crippen LogP contribution in [0.1, 0.15) is 20.3 Å². The van der Waals surface area contributed by atoms with Crippen LogP contribution < -0.4 is 0 Å². The smallest absolute Gasteiger partial charge is 0.304 e. The normalized spacial score (nSPS) is 13.1.